The van der Waals surface area contributed by atoms with Crippen molar-refractivity contribution in [1.82, 2.24) is 23.9 Å². The van der Waals surface area contributed by atoms with Gasteiger partial charge in [0.1, 0.15) is 23.0 Å². The molecule has 0 N–H and O–H groups in total. The van der Waals surface area contributed by atoms with Crippen LogP contribution < -0.4 is 4.74 Å². The second-order valence-corrected chi connectivity index (χ2v) is 15.5. The van der Waals surface area contributed by atoms with Crippen molar-refractivity contribution in [3.63, 3.8) is 0 Å². The lowest BCUT2D eigenvalue weighted by Gasteiger charge is -2.46. The van der Waals surface area contributed by atoms with Gasteiger partial charge in [-0.05, 0) is 97.8 Å². The molecule has 0 amide bonds. The molecule has 0 saturated heterocycles. The van der Waals surface area contributed by atoms with E-state index >= 15 is 0 Å². The Bertz CT molecular complexity index is 2950. The van der Waals surface area contributed by atoms with Gasteiger partial charge in [0.2, 0.25) is 0 Å². The molecule has 10 rings (SSSR count). The van der Waals surface area contributed by atoms with Gasteiger partial charge in [0.05, 0.1) is 27.8 Å². The van der Waals surface area contributed by atoms with Crippen LogP contribution >= 0.6 is 0 Å². The number of aryl methyl sites for hydroxylation is 3. The monoisotopic (exact) mass is 691 g/mol. The standard InChI is InChI=1S/C47H41N5O/c1-26(2)47(27(3)4)37-12-8-11-35-33-17-15-32(24-41(33)52(44(35)37)46-38(47)13-9-20-49-46)53-31-16-18-34-36(23-31)45-50-39(42-29(6)21-28(5)22-30(42)7)25-51(45)40-14-10-19-48-43(34)40/h8-27H,1-7H3. The fourth-order valence-electron chi connectivity index (χ4n) is 9.99. The van der Waals surface area contributed by atoms with Crippen LogP contribution in [0.4, 0.5) is 0 Å². The highest BCUT2D eigenvalue weighted by atomic mass is 16.5. The predicted molar refractivity (Wildman–Crippen MR) is 217 cm³/mol. The first kappa shape index (κ1) is 31.7. The van der Waals surface area contributed by atoms with E-state index in [9.17, 15) is 0 Å². The molecule has 0 fully saturated rings. The maximum absolute atomic E-state index is 6.76. The first-order chi connectivity index (χ1) is 25.7. The fraction of sp³-hybridized carbons (Fsp3) is 0.213. The summed E-state index contributed by atoms with van der Waals surface area (Å²) in [5.74, 6) is 3.28. The molecule has 0 unspecified atom stereocenters. The van der Waals surface area contributed by atoms with Crippen molar-refractivity contribution in [3.8, 4) is 28.6 Å². The first-order valence-electron chi connectivity index (χ1n) is 18.7. The van der Waals surface area contributed by atoms with Gasteiger partial charge in [0.15, 0.2) is 0 Å². The summed E-state index contributed by atoms with van der Waals surface area (Å²) in [6.45, 7) is 15.9. The molecular weight excluding hydrogens is 651 g/mol. The minimum atomic E-state index is -0.161. The number of ether oxygens (including phenoxy) is 1. The van der Waals surface area contributed by atoms with Crippen LogP contribution in [-0.2, 0) is 5.41 Å². The molecule has 5 aromatic heterocycles. The summed E-state index contributed by atoms with van der Waals surface area (Å²) in [6, 6.07) is 32.5. The molecule has 0 radical (unpaired) electrons. The average Bonchev–Trinajstić information content (AvgIpc) is 3.72. The lowest BCUT2D eigenvalue weighted by Crippen LogP contribution is -2.42. The Balaban J connectivity index is 1.16. The van der Waals surface area contributed by atoms with Crippen LogP contribution in [0.5, 0.6) is 11.5 Å². The number of benzene rings is 4. The molecular formula is C47H41N5O. The minimum absolute atomic E-state index is 0.161. The van der Waals surface area contributed by atoms with Crippen molar-refractivity contribution < 1.29 is 4.74 Å². The summed E-state index contributed by atoms with van der Waals surface area (Å²) in [4.78, 5) is 15.2. The van der Waals surface area contributed by atoms with Crippen LogP contribution in [0.2, 0.25) is 0 Å². The lowest BCUT2D eigenvalue weighted by molar-refractivity contribution is 0.271. The van der Waals surface area contributed by atoms with E-state index in [2.05, 4.69) is 142 Å². The molecule has 9 aromatic rings. The third-order valence-corrected chi connectivity index (χ3v) is 11.9. The van der Waals surface area contributed by atoms with E-state index in [0.717, 1.165) is 56.0 Å². The Morgan fingerprint density at radius 3 is 2.11 bits per heavy atom. The third kappa shape index (κ3) is 4.29. The molecule has 0 aliphatic carbocycles. The third-order valence-electron chi connectivity index (χ3n) is 11.9. The van der Waals surface area contributed by atoms with Crippen molar-refractivity contribution in [2.45, 2.75) is 53.9 Å². The molecule has 0 bridgehead atoms. The number of hydrogen-bond donors (Lipinski definition) is 0. The lowest BCUT2D eigenvalue weighted by atomic mass is 9.59. The van der Waals surface area contributed by atoms with Crippen LogP contribution in [-0.4, -0.2) is 23.9 Å². The maximum Gasteiger partial charge on any atom is 0.146 e. The fourth-order valence-corrected chi connectivity index (χ4v) is 9.99. The topological polar surface area (TPSA) is 57.2 Å². The molecule has 6 heterocycles. The van der Waals surface area contributed by atoms with Gasteiger partial charge in [-0.2, -0.15) is 0 Å². The van der Waals surface area contributed by atoms with Crippen LogP contribution in [0.15, 0.2) is 110 Å². The highest BCUT2D eigenvalue weighted by Gasteiger charge is 2.47. The van der Waals surface area contributed by atoms with Gasteiger partial charge in [0.25, 0.3) is 0 Å². The number of pyridine rings is 3. The quantitative estimate of drug-likeness (QED) is 0.169. The summed E-state index contributed by atoms with van der Waals surface area (Å²) in [5.41, 5.74) is 13.5. The minimum Gasteiger partial charge on any atom is -0.457 e. The van der Waals surface area contributed by atoms with Gasteiger partial charge in [0, 0.05) is 62.7 Å². The zero-order valence-corrected chi connectivity index (χ0v) is 31.2. The molecule has 1 aliphatic heterocycles. The molecule has 0 saturated carbocycles. The van der Waals surface area contributed by atoms with Crippen LogP contribution in [0.1, 0.15) is 55.5 Å². The highest BCUT2D eigenvalue weighted by Crippen LogP contribution is 2.54. The Morgan fingerprint density at radius 2 is 1.34 bits per heavy atom. The number of rotatable bonds is 5. The summed E-state index contributed by atoms with van der Waals surface area (Å²) < 4.78 is 11.3. The smallest absolute Gasteiger partial charge is 0.146 e. The Morgan fingerprint density at radius 1 is 0.642 bits per heavy atom. The summed E-state index contributed by atoms with van der Waals surface area (Å²) in [6.07, 6.45) is 5.94. The van der Waals surface area contributed by atoms with E-state index in [-0.39, 0.29) is 5.41 Å². The molecule has 6 nitrogen and oxygen atoms in total. The number of fused-ring (bicyclic) bond motifs is 11. The molecule has 53 heavy (non-hydrogen) atoms. The predicted octanol–water partition coefficient (Wildman–Crippen LogP) is 11.8. The van der Waals surface area contributed by atoms with Crippen molar-refractivity contribution in [2.24, 2.45) is 11.8 Å². The molecule has 0 spiro atoms. The SMILES string of the molecule is Cc1cc(C)c(-c2cn3c4cccnc4c4ccc(Oc5ccc6c7cccc8c7n(c6c5)-c5ncccc5C8(C(C)C)C(C)C)cc4c3n2)c(C)c1. The largest absolute Gasteiger partial charge is 0.457 e. The molecule has 4 aromatic carbocycles. The number of imidazole rings is 1. The number of hydrogen-bond acceptors (Lipinski definition) is 4. The summed E-state index contributed by atoms with van der Waals surface area (Å²) >= 11 is 0. The maximum atomic E-state index is 6.76. The summed E-state index contributed by atoms with van der Waals surface area (Å²) in [7, 11) is 0. The normalized spacial score (nSPS) is 13.7. The van der Waals surface area contributed by atoms with Crippen molar-refractivity contribution in [1.29, 1.82) is 0 Å². The van der Waals surface area contributed by atoms with Gasteiger partial charge in [-0.25, -0.2) is 9.97 Å². The zero-order valence-electron chi connectivity index (χ0n) is 31.2. The van der Waals surface area contributed by atoms with E-state index < -0.39 is 0 Å². The van der Waals surface area contributed by atoms with E-state index in [4.69, 9.17) is 19.7 Å². The van der Waals surface area contributed by atoms with Crippen LogP contribution in [0.25, 0.3) is 66.3 Å². The van der Waals surface area contributed by atoms with E-state index in [1.54, 1.807) is 0 Å². The van der Waals surface area contributed by atoms with Gasteiger partial charge in [-0.1, -0.05) is 69.7 Å². The Hall–Kier alpha value is -6.01. The van der Waals surface area contributed by atoms with Crippen molar-refractivity contribution in [2.75, 3.05) is 0 Å². The highest BCUT2D eigenvalue weighted by molar-refractivity contribution is 6.12. The van der Waals surface area contributed by atoms with E-state index in [0.29, 0.717) is 11.8 Å². The van der Waals surface area contributed by atoms with Gasteiger partial charge in [-0.3, -0.25) is 14.0 Å². The first-order valence-corrected chi connectivity index (χ1v) is 18.7. The van der Waals surface area contributed by atoms with Crippen molar-refractivity contribution >= 4 is 49.3 Å². The number of nitrogens with zero attached hydrogens (tertiary/aromatic N) is 5. The van der Waals surface area contributed by atoms with E-state index in [1.807, 2.05) is 24.5 Å². The average molecular weight is 692 g/mol. The molecule has 260 valence electrons. The van der Waals surface area contributed by atoms with Gasteiger partial charge >= 0.3 is 0 Å². The second-order valence-electron chi connectivity index (χ2n) is 15.5. The number of aromatic nitrogens is 5. The summed E-state index contributed by atoms with van der Waals surface area (Å²) in [5, 5.41) is 4.47. The molecule has 6 heteroatoms. The Labute approximate surface area is 308 Å². The zero-order chi connectivity index (χ0) is 36.3. The van der Waals surface area contributed by atoms with Crippen LogP contribution in [0.3, 0.4) is 0 Å². The van der Waals surface area contributed by atoms with Crippen molar-refractivity contribution in [3.05, 3.63) is 137 Å². The van der Waals surface area contributed by atoms with Gasteiger partial charge in [-0.15, -0.1) is 0 Å². The van der Waals surface area contributed by atoms with E-state index in [1.165, 1.54) is 49.7 Å². The van der Waals surface area contributed by atoms with Crippen LogP contribution in [0, 0.1) is 32.6 Å². The second kappa shape index (κ2) is 11.2. The molecule has 1 aliphatic rings. The Kier molecular flexibility index (Phi) is 6.73. The molecule has 0 atom stereocenters. The van der Waals surface area contributed by atoms with Gasteiger partial charge < -0.3 is 4.74 Å². The number of para-hydroxylation sites is 1.